The van der Waals surface area contributed by atoms with Crippen LogP contribution in [0, 0.1) is 12.8 Å². The van der Waals surface area contributed by atoms with Crippen LogP contribution in [0.2, 0.25) is 0 Å². The van der Waals surface area contributed by atoms with Gasteiger partial charge in [0.1, 0.15) is 0 Å². The van der Waals surface area contributed by atoms with Gasteiger partial charge in [-0.15, -0.1) is 0 Å². The molecule has 1 N–H and O–H groups in total. The van der Waals surface area contributed by atoms with Crippen LogP contribution in [0.25, 0.3) is 0 Å². The lowest BCUT2D eigenvalue weighted by Gasteiger charge is -2.31. The highest BCUT2D eigenvalue weighted by atomic mass is 15.2. The normalized spacial score (nSPS) is 19.8. The first-order chi connectivity index (χ1) is 8.63. The number of nitrogens with one attached hydrogen (secondary N) is 1. The quantitative estimate of drug-likeness (QED) is 0.876. The summed E-state index contributed by atoms with van der Waals surface area (Å²) in [7, 11) is 2.02. The minimum atomic E-state index is 0.711. The summed E-state index contributed by atoms with van der Waals surface area (Å²) in [4.78, 5) is 2.62. The molecule has 1 aromatic rings. The third-order valence-electron chi connectivity index (χ3n) is 3.98. The smallest absolute Gasteiger partial charge is 0.0414 e. The second kappa shape index (κ2) is 5.75. The first-order valence-electron chi connectivity index (χ1n) is 7.14. The van der Waals surface area contributed by atoms with Gasteiger partial charge in [0, 0.05) is 24.8 Å². The van der Waals surface area contributed by atoms with Crippen LogP contribution in [-0.2, 0) is 6.54 Å². The molecule has 2 nitrogen and oxygen atoms in total. The van der Waals surface area contributed by atoms with E-state index in [0.717, 1.165) is 12.5 Å². The standard InChI is InChI=1S/C16H26N2/c1-12(2)15-6-5-9-18(15)16-8-7-13(3)10-14(16)11-17-4/h7-8,10,12,15,17H,5-6,9,11H2,1-4H3. The van der Waals surface area contributed by atoms with Crippen LogP contribution in [-0.4, -0.2) is 19.6 Å². The predicted molar refractivity (Wildman–Crippen MR) is 79.1 cm³/mol. The van der Waals surface area contributed by atoms with Crippen LogP contribution in [0.3, 0.4) is 0 Å². The van der Waals surface area contributed by atoms with E-state index in [1.54, 1.807) is 0 Å². The van der Waals surface area contributed by atoms with Gasteiger partial charge in [0.15, 0.2) is 0 Å². The first kappa shape index (κ1) is 13.4. The number of hydrogen-bond acceptors (Lipinski definition) is 2. The first-order valence-corrected chi connectivity index (χ1v) is 7.14. The van der Waals surface area contributed by atoms with E-state index in [-0.39, 0.29) is 0 Å². The zero-order chi connectivity index (χ0) is 13.1. The van der Waals surface area contributed by atoms with Gasteiger partial charge in [-0.3, -0.25) is 0 Å². The molecule has 1 heterocycles. The fourth-order valence-corrected chi connectivity index (χ4v) is 3.11. The summed E-state index contributed by atoms with van der Waals surface area (Å²) < 4.78 is 0. The molecule has 18 heavy (non-hydrogen) atoms. The van der Waals surface area contributed by atoms with Gasteiger partial charge in [-0.05, 0) is 44.4 Å². The van der Waals surface area contributed by atoms with Crippen LogP contribution in [0.5, 0.6) is 0 Å². The molecule has 1 saturated heterocycles. The van der Waals surface area contributed by atoms with Crippen molar-refractivity contribution >= 4 is 5.69 Å². The van der Waals surface area contributed by atoms with Gasteiger partial charge in [0.25, 0.3) is 0 Å². The highest BCUT2D eigenvalue weighted by molar-refractivity contribution is 5.56. The van der Waals surface area contributed by atoms with Crippen molar-refractivity contribution in [3.63, 3.8) is 0 Å². The number of hydrogen-bond donors (Lipinski definition) is 1. The molecule has 1 atom stereocenters. The zero-order valence-electron chi connectivity index (χ0n) is 12.2. The molecule has 0 aliphatic carbocycles. The monoisotopic (exact) mass is 246 g/mol. The maximum absolute atomic E-state index is 3.29. The molecular formula is C16H26N2. The molecule has 0 radical (unpaired) electrons. The Balaban J connectivity index is 2.31. The van der Waals surface area contributed by atoms with Gasteiger partial charge in [-0.25, -0.2) is 0 Å². The van der Waals surface area contributed by atoms with Crippen molar-refractivity contribution in [3.8, 4) is 0 Å². The maximum Gasteiger partial charge on any atom is 0.0414 e. The Hall–Kier alpha value is -1.02. The average Bonchev–Trinajstić information content (AvgIpc) is 2.78. The van der Waals surface area contributed by atoms with E-state index in [2.05, 4.69) is 49.2 Å². The van der Waals surface area contributed by atoms with Crippen molar-refractivity contribution in [1.82, 2.24) is 5.32 Å². The molecule has 0 bridgehead atoms. The number of benzene rings is 1. The van der Waals surface area contributed by atoms with Crippen LogP contribution >= 0.6 is 0 Å². The van der Waals surface area contributed by atoms with Crippen molar-refractivity contribution in [1.29, 1.82) is 0 Å². The molecule has 100 valence electrons. The van der Waals surface area contributed by atoms with Crippen molar-refractivity contribution in [2.45, 2.75) is 46.2 Å². The van der Waals surface area contributed by atoms with Gasteiger partial charge in [0.05, 0.1) is 0 Å². The van der Waals surface area contributed by atoms with Crippen molar-refractivity contribution in [2.24, 2.45) is 5.92 Å². The number of nitrogens with zero attached hydrogens (tertiary/aromatic N) is 1. The van der Waals surface area contributed by atoms with Gasteiger partial charge >= 0.3 is 0 Å². The van der Waals surface area contributed by atoms with Gasteiger partial charge < -0.3 is 10.2 Å². The van der Waals surface area contributed by atoms with E-state index in [1.165, 1.54) is 36.2 Å². The highest BCUT2D eigenvalue weighted by Crippen LogP contribution is 2.32. The van der Waals surface area contributed by atoms with Gasteiger partial charge in [-0.1, -0.05) is 31.5 Å². The third kappa shape index (κ3) is 2.69. The van der Waals surface area contributed by atoms with Gasteiger partial charge in [0.2, 0.25) is 0 Å². The summed E-state index contributed by atoms with van der Waals surface area (Å²) in [6.45, 7) is 9.03. The SMILES string of the molecule is CNCc1cc(C)ccc1N1CCCC1C(C)C. The Bertz CT molecular complexity index is 398. The summed E-state index contributed by atoms with van der Waals surface area (Å²) in [6, 6.07) is 7.58. The van der Waals surface area contributed by atoms with E-state index in [9.17, 15) is 0 Å². The second-order valence-electron chi connectivity index (χ2n) is 5.81. The maximum atomic E-state index is 3.29. The summed E-state index contributed by atoms with van der Waals surface area (Å²) in [6.07, 6.45) is 2.67. The molecule has 0 spiro atoms. The predicted octanol–water partition coefficient (Wildman–Crippen LogP) is 3.34. The van der Waals surface area contributed by atoms with Crippen molar-refractivity contribution in [2.75, 3.05) is 18.5 Å². The fourth-order valence-electron chi connectivity index (χ4n) is 3.11. The molecule has 0 amide bonds. The van der Waals surface area contributed by atoms with Crippen molar-refractivity contribution in [3.05, 3.63) is 29.3 Å². The lowest BCUT2D eigenvalue weighted by molar-refractivity contribution is 0.491. The molecular weight excluding hydrogens is 220 g/mol. The van der Waals surface area contributed by atoms with E-state index in [4.69, 9.17) is 0 Å². The molecule has 2 rings (SSSR count). The van der Waals surface area contributed by atoms with Crippen LogP contribution in [0.1, 0.15) is 37.8 Å². The minimum Gasteiger partial charge on any atom is -0.368 e. The zero-order valence-corrected chi connectivity index (χ0v) is 12.2. The van der Waals surface area contributed by atoms with Crippen molar-refractivity contribution < 1.29 is 0 Å². The Morgan fingerprint density at radius 2 is 2.17 bits per heavy atom. The Morgan fingerprint density at radius 1 is 1.39 bits per heavy atom. The van der Waals surface area contributed by atoms with Crippen LogP contribution < -0.4 is 10.2 Å². The summed E-state index contributed by atoms with van der Waals surface area (Å²) in [5.41, 5.74) is 4.22. The molecule has 1 aliphatic heterocycles. The summed E-state index contributed by atoms with van der Waals surface area (Å²) in [5, 5.41) is 3.29. The van der Waals surface area contributed by atoms with Crippen LogP contribution in [0.4, 0.5) is 5.69 Å². The highest BCUT2D eigenvalue weighted by Gasteiger charge is 2.28. The summed E-state index contributed by atoms with van der Waals surface area (Å²) in [5.74, 6) is 0.733. The molecule has 2 heteroatoms. The third-order valence-corrected chi connectivity index (χ3v) is 3.98. The molecule has 1 fully saturated rings. The van der Waals surface area contributed by atoms with E-state index < -0.39 is 0 Å². The topological polar surface area (TPSA) is 15.3 Å². The Morgan fingerprint density at radius 3 is 2.83 bits per heavy atom. The van der Waals surface area contributed by atoms with Gasteiger partial charge in [-0.2, -0.15) is 0 Å². The average molecular weight is 246 g/mol. The Kier molecular flexibility index (Phi) is 4.28. The summed E-state index contributed by atoms with van der Waals surface area (Å²) >= 11 is 0. The Labute approximate surface area is 111 Å². The molecule has 0 aromatic heterocycles. The van der Waals surface area contributed by atoms with E-state index in [1.807, 2.05) is 7.05 Å². The number of rotatable bonds is 4. The van der Waals surface area contributed by atoms with E-state index in [0.29, 0.717) is 6.04 Å². The molecule has 1 aliphatic rings. The largest absolute Gasteiger partial charge is 0.368 e. The molecule has 1 unspecified atom stereocenters. The number of aryl methyl sites for hydroxylation is 1. The lowest BCUT2D eigenvalue weighted by atomic mass is 10.00. The molecule has 1 aromatic carbocycles. The lowest BCUT2D eigenvalue weighted by Crippen LogP contribution is -2.34. The number of anilines is 1. The second-order valence-corrected chi connectivity index (χ2v) is 5.81. The molecule has 0 saturated carbocycles. The van der Waals surface area contributed by atoms with E-state index >= 15 is 0 Å². The fraction of sp³-hybridized carbons (Fsp3) is 0.625. The van der Waals surface area contributed by atoms with Crippen LogP contribution in [0.15, 0.2) is 18.2 Å². The minimum absolute atomic E-state index is 0.711.